The highest BCUT2D eigenvalue weighted by Gasteiger charge is 2.32. The second kappa shape index (κ2) is 14.1. The van der Waals surface area contributed by atoms with Crippen LogP contribution >= 0.6 is 0 Å². The average molecular weight is 740 g/mol. The fraction of sp³-hybridized carbons (Fsp3) is 0.0182. The first-order valence-corrected chi connectivity index (χ1v) is 19.9. The Hall–Kier alpha value is -7.62. The van der Waals surface area contributed by atoms with Gasteiger partial charge in [-0.2, -0.15) is 0 Å². The molecule has 11 rings (SSSR count). The van der Waals surface area contributed by atoms with Crippen LogP contribution in [0, 0.1) is 0 Å². The molecule has 0 saturated carbocycles. The monoisotopic (exact) mass is 739 g/mol. The van der Waals surface area contributed by atoms with Crippen LogP contribution in [0.4, 0.5) is 0 Å². The lowest BCUT2D eigenvalue weighted by molar-refractivity contribution is 0.985. The molecule has 2 heterocycles. The Morgan fingerprint density at radius 3 is 1.60 bits per heavy atom. The maximum Gasteiger partial charge on any atom is 0.160 e. The number of para-hydroxylation sites is 2. The topological polar surface area (TPSA) is 30.7 Å². The SMILES string of the molecule is c1ccc(-c2cc(-c3ccccc3)nc(-c3cccc(-c4ccc(C5c6ccccc6-c6c(n(-c7ccccc7)c7ccccc67)-c6ccccc65)cc4)c3)n2)cc1. The minimum atomic E-state index is 0.0358. The molecule has 0 spiro atoms. The number of rotatable bonds is 6. The van der Waals surface area contributed by atoms with Gasteiger partial charge in [0.05, 0.1) is 22.6 Å². The summed E-state index contributed by atoms with van der Waals surface area (Å²) in [6.45, 7) is 0. The summed E-state index contributed by atoms with van der Waals surface area (Å²) in [6.07, 6.45) is 0. The maximum atomic E-state index is 5.11. The van der Waals surface area contributed by atoms with Crippen LogP contribution in [0.2, 0.25) is 0 Å². The Balaban J connectivity index is 1.02. The molecule has 8 aromatic carbocycles. The van der Waals surface area contributed by atoms with Gasteiger partial charge in [-0.1, -0.05) is 188 Å². The molecule has 1 aliphatic carbocycles. The van der Waals surface area contributed by atoms with Crippen molar-refractivity contribution in [2.24, 2.45) is 0 Å². The van der Waals surface area contributed by atoms with Crippen molar-refractivity contribution in [3.05, 3.63) is 235 Å². The summed E-state index contributed by atoms with van der Waals surface area (Å²) in [4.78, 5) is 10.2. The molecule has 272 valence electrons. The lowest BCUT2D eigenvalue weighted by Gasteiger charge is -2.22. The fourth-order valence-electron chi connectivity index (χ4n) is 8.88. The smallest absolute Gasteiger partial charge is 0.160 e. The molecule has 0 aliphatic heterocycles. The minimum Gasteiger partial charge on any atom is -0.309 e. The second-order valence-electron chi connectivity index (χ2n) is 14.9. The molecule has 1 aliphatic rings. The predicted molar refractivity (Wildman–Crippen MR) is 239 cm³/mol. The van der Waals surface area contributed by atoms with Crippen LogP contribution in [-0.4, -0.2) is 14.5 Å². The van der Waals surface area contributed by atoms with E-state index in [0.29, 0.717) is 5.82 Å². The standard InChI is InChI=1S/C55H37N3/c1-4-17-38(18-5-1)49-36-50(39-19-6-2-7-20-39)57-55(56-49)42-22-16-21-41(35-42)37-31-33-40(34-32-37)52-44-25-10-11-26-45(44)53-48-29-14-15-30-51(48)58(43-23-8-3-9-24-43)54(53)47-28-13-12-27-46(47)52/h1-36,52H. The number of hydrogen-bond donors (Lipinski definition) is 0. The van der Waals surface area contributed by atoms with Crippen molar-refractivity contribution in [3.8, 4) is 73.1 Å². The first kappa shape index (κ1) is 33.7. The first-order valence-electron chi connectivity index (χ1n) is 19.9. The predicted octanol–water partition coefficient (Wildman–Crippen LogP) is 13.9. The van der Waals surface area contributed by atoms with Gasteiger partial charge in [0.1, 0.15) is 0 Å². The zero-order valence-electron chi connectivity index (χ0n) is 31.7. The third kappa shape index (κ3) is 5.75. The fourth-order valence-corrected chi connectivity index (χ4v) is 8.88. The molecule has 0 radical (unpaired) electrons. The van der Waals surface area contributed by atoms with Gasteiger partial charge >= 0.3 is 0 Å². The number of hydrogen-bond acceptors (Lipinski definition) is 2. The van der Waals surface area contributed by atoms with Crippen molar-refractivity contribution in [3.63, 3.8) is 0 Å². The zero-order valence-corrected chi connectivity index (χ0v) is 31.7. The van der Waals surface area contributed by atoms with Crippen LogP contribution in [0.5, 0.6) is 0 Å². The van der Waals surface area contributed by atoms with E-state index in [4.69, 9.17) is 9.97 Å². The van der Waals surface area contributed by atoms with E-state index in [0.717, 1.165) is 44.9 Å². The first-order chi connectivity index (χ1) is 28.8. The van der Waals surface area contributed by atoms with Gasteiger partial charge in [0.2, 0.25) is 0 Å². The highest BCUT2D eigenvalue weighted by molar-refractivity contribution is 6.08. The lowest BCUT2D eigenvalue weighted by Crippen LogP contribution is -2.05. The van der Waals surface area contributed by atoms with Crippen molar-refractivity contribution >= 4 is 10.9 Å². The summed E-state index contributed by atoms with van der Waals surface area (Å²) in [5.41, 5.74) is 18.5. The van der Waals surface area contributed by atoms with Gasteiger partial charge in [-0.25, -0.2) is 9.97 Å². The number of benzene rings is 8. The van der Waals surface area contributed by atoms with Crippen molar-refractivity contribution in [1.82, 2.24) is 14.5 Å². The molecule has 0 N–H and O–H groups in total. The molecule has 0 bridgehead atoms. The Morgan fingerprint density at radius 1 is 0.379 bits per heavy atom. The molecule has 3 nitrogen and oxygen atoms in total. The van der Waals surface area contributed by atoms with E-state index >= 15 is 0 Å². The molecule has 3 heteroatoms. The van der Waals surface area contributed by atoms with Gasteiger partial charge in [0.25, 0.3) is 0 Å². The Bertz CT molecular complexity index is 3030. The van der Waals surface area contributed by atoms with Crippen LogP contribution in [0.25, 0.3) is 84.0 Å². The van der Waals surface area contributed by atoms with E-state index in [1.54, 1.807) is 0 Å². The van der Waals surface area contributed by atoms with E-state index in [-0.39, 0.29) is 5.92 Å². The van der Waals surface area contributed by atoms with Crippen LogP contribution in [0.15, 0.2) is 218 Å². The Labute approximate surface area is 338 Å². The summed E-state index contributed by atoms with van der Waals surface area (Å²) in [5, 5.41) is 1.26. The highest BCUT2D eigenvalue weighted by Crippen LogP contribution is 2.52. The Morgan fingerprint density at radius 2 is 0.914 bits per heavy atom. The van der Waals surface area contributed by atoms with E-state index < -0.39 is 0 Å². The lowest BCUT2D eigenvalue weighted by atomic mass is 9.81. The largest absolute Gasteiger partial charge is 0.309 e. The summed E-state index contributed by atoms with van der Waals surface area (Å²) in [6, 6.07) is 78.2. The molecule has 10 aromatic rings. The molecule has 2 aromatic heterocycles. The molecule has 0 saturated heterocycles. The van der Waals surface area contributed by atoms with Crippen molar-refractivity contribution < 1.29 is 0 Å². The molecule has 58 heavy (non-hydrogen) atoms. The molecule has 1 unspecified atom stereocenters. The van der Waals surface area contributed by atoms with Crippen molar-refractivity contribution in [2.75, 3.05) is 0 Å². The van der Waals surface area contributed by atoms with Gasteiger partial charge in [-0.3, -0.25) is 0 Å². The van der Waals surface area contributed by atoms with Crippen LogP contribution in [0.1, 0.15) is 22.6 Å². The quantitative estimate of drug-likeness (QED) is 0.170. The average Bonchev–Trinajstić information content (AvgIpc) is 3.59. The molecular weight excluding hydrogens is 703 g/mol. The summed E-state index contributed by atoms with van der Waals surface area (Å²) < 4.78 is 2.46. The van der Waals surface area contributed by atoms with E-state index in [2.05, 4.69) is 211 Å². The van der Waals surface area contributed by atoms with Gasteiger partial charge < -0.3 is 4.57 Å². The molecular formula is C55H37N3. The summed E-state index contributed by atoms with van der Waals surface area (Å²) in [5.74, 6) is 0.741. The number of nitrogens with zero attached hydrogens (tertiary/aromatic N) is 3. The van der Waals surface area contributed by atoms with Gasteiger partial charge in [0, 0.05) is 44.8 Å². The Kier molecular flexibility index (Phi) is 8.22. The third-order valence-corrected chi connectivity index (χ3v) is 11.5. The van der Waals surface area contributed by atoms with Crippen molar-refractivity contribution in [1.29, 1.82) is 0 Å². The summed E-state index contributed by atoms with van der Waals surface area (Å²) in [7, 11) is 0. The number of fused-ring (bicyclic) bond motifs is 7. The van der Waals surface area contributed by atoms with E-state index in [1.807, 2.05) is 12.1 Å². The zero-order chi connectivity index (χ0) is 38.4. The van der Waals surface area contributed by atoms with E-state index in [1.165, 1.54) is 50.0 Å². The van der Waals surface area contributed by atoms with Crippen molar-refractivity contribution in [2.45, 2.75) is 5.92 Å². The van der Waals surface area contributed by atoms with Gasteiger partial charge in [-0.15, -0.1) is 0 Å². The minimum absolute atomic E-state index is 0.0358. The molecule has 1 atom stereocenters. The third-order valence-electron chi connectivity index (χ3n) is 11.5. The van der Waals surface area contributed by atoms with Gasteiger partial charge in [0.15, 0.2) is 5.82 Å². The molecule has 0 amide bonds. The van der Waals surface area contributed by atoms with Crippen LogP contribution in [0.3, 0.4) is 0 Å². The van der Waals surface area contributed by atoms with E-state index in [9.17, 15) is 0 Å². The normalized spacial score (nSPS) is 13.0. The summed E-state index contributed by atoms with van der Waals surface area (Å²) >= 11 is 0. The van der Waals surface area contributed by atoms with Crippen LogP contribution < -0.4 is 0 Å². The molecule has 0 fully saturated rings. The maximum absolute atomic E-state index is 5.11. The number of aromatic nitrogens is 3. The second-order valence-corrected chi connectivity index (χ2v) is 14.9. The highest BCUT2D eigenvalue weighted by atomic mass is 15.0. The van der Waals surface area contributed by atoms with Gasteiger partial charge in [-0.05, 0) is 63.7 Å². The van der Waals surface area contributed by atoms with Crippen LogP contribution in [-0.2, 0) is 0 Å².